The molecular weight excluding hydrogens is 238 g/mol. The molecule has 0 aliphatic carbocycles. The molecule has 4 heteroatoms. The molecule has 2 aromatic rings. The quantitative estimate of drug-likeness (QED) is 0.913. The Hall–Kier alpha value is -2.10. The van der Waals surface area contributed by atoms with Crippen molar-refractivity contribution in [2.24, 2.45) is 0 Å². The van der Waals surface area contributed by atoms with Crippen molar-refractivity contribution in [3.63, 3.8) is 0 Å². The minimum absolute atomic E-state index is 0.0744. The Kier molecular flexibility index (Phi) is 4.00. The fourth-order valence-corrected chi connectivity index (χ4v) is 2.06. The largest absolute Gasteiger partial charge is 0.495 e. The Morgan fingerprint density at radius 2 is 1.89 bits per heavy atom. The van der Waals surface area contributed by atoms with E-state index in [2.05, 4.69) is 28.3 Å². The number of ether oxygens (including phenoxy) is 1. The van der Waals surface area contributed by atoms with Crippen LogP contribution < -0.4 is 10.1 Å². The highest BCUT2D eigenvalue weighted by molar-refractivity contribution is 5.58. The second-order valence-corrected chi connectivity index (χ2v) is 4.60. The van der Waals surface area contributed by atoms with Gasteiger partial charge in [0.25, 0.3) is 0 Å². The minimum atomic E-state index is 0.0744. The maximum atomic E-state index is 5.39. The van der Waals surface area contributed by atoms with Crippen LogP contribution in [0.3, 0.4) is 0 Å². The van der Waals surface area contributed by atoms with Crippen molar-refractivity contribution in [1.29, 1.82) is 0 Å². The van der Waals surface area contributed by atoms with E-state index in [9.17, 15) is 0 Å². The van der Waals surface area contributed by atoms with E-state index in [1.54, 1.807) is 19.5 Å². The fraction of sp³-hybridized carbons (Fsp3) is 0.333. The van der Waals surface area contributed by atoms with Gasteiger partial charge in [-0.1, -0.05) is 6.07 Å². The van der Waals surface area contributed by atoms with Crippen LogP contribution in [-0.2, 0) is 0 Å². The Balaban J connectivity index is 2.24. The molecule has 1 heterocycles. The normalized spacial score (nSPS) is 12.0. The molecule has 1 aromatic heterocycles. The summed E-state index contributed by atoms with van der Waals surface area (Å²) in [5.74, 6) is 0.841. The van der Waals surface area contributed by atoms with Gasteiger partial charge in [-0.2, -0.15) is 0 Å². The van der Waals surface area contributed by atoms with Gasteiger partial charge in [0.1, 0.15) is 5.75 Å². The van der Waals surface area contributed by atoms with Crippen LogP contribution in [0.2, 0.25) is 0 Å². The highest BCUT2D eigenvalue weighted by atomic mass is 16.5. The topological polar surface area (TPSA) is 47.0 Å². The zero-order valence-corrected chi connectivity index (χ0v) is 11.8. The predicted octanol–water partition coefficient (Wildman–Crippen LogP) is 3.28. The Morgan fingerprint density at radius 3 is 2.58 bits per heavy atom. The van der Waals surface area contributed by atoms with E-state index in [0.717, 1.165) is 22.8 Å². The van der Waals surface area contributed by atoms with Gasteiger partial charge in [0, 0.05) is 12.4 Å². The Bertz CT molecular complexity index is 569. The van der Waals surface area contributed by atoms with Crippen molar-refractivity contribution in [2.45, 2.75) is 26.8 Å². The van der Waals surface area contributed by atoms with Gasteiger partial charge >= 0.3 is 0 Å². The lowest BCUT2D eigenvalue weighted by Gasteiger charge is -2.18. The lowest BCUT2D eigenvalue weighted by atomic mass is 10.1. The standard InChI is InChI=1S/C15H19N3O/c1-10-5-6-13(14(9-10)19-4)18-12(3)15-11(2)16-7-8-17-15/h5-9,12,18H,1-4H3. The predicted molar refractivity (Wildman–Crippen MR) is 76.5 cm³/mol. The number of nitrogens with one attached hydrogen (secondary N) is 1. The van der Waals surface area contributed by atoms with Crippen molar-refractivity contribution < 1.29 is 4.74 Å². The molecule has 0 saturated heterocycles. The first-order valence-corrected chi connectivity index (χ1v) is 6.30. The van der Waals surface area contributed by atoms with Gasteiger partial charge in [-0.15, -0.1) is 0 Å². The molecule has 0 aliphatic rings. The van der Waals surface area contributed by atoms with Crippen molar-refractivity contribution in [3.8, 4) is 5.75 Å². The molecule has 1 atom stereocenters. The summed E-state index contributed by atoms with van der Waals surface area (Å²) in [5.41, 5.74) is 4.02. The highest BCUT2D eigenvalue weighted by Crippen LogP contribution is 2.28. The maximum Gasteiger partial charge on any atom is 0.142 e. The van der Waals surface area contributed by atoms with E-state index in [1.165, 1.54) is 5.56 Å². The first kappa shape index (κ1) is 13.3. The van der Waals surface area contributed by atoms with Crippen molar-refractivity contribution >= 4 is 5.69 Å². The molecular formula is C15H19N3O. The highest BCUT2D eigenvalue weighted by Gasteiger charge is 2.12. The van der Waals surface area contributed by atoms with Gasteiger partial charge in [0.05, 0.1) is 30.2 Å². The van der Waals surface area contributed by atoms with Crippen LogP contribution in [0.5, 0.6) is 5.75 Å². The van der Waals surface area contributed by atoms with E-state index >= 15 is 0 Å². The maximum absolute atomic E-state index is 5.39. The van der Waals surface area contributed by atoms with Crippen LogP contribution in [0.4, 0.5) is 5.69 Å². The summed E-state index contributed by atoms with van der Waals surface area (Å²) in [6, 6.07) is 6.17. The molecule has 0 bridgehead atoms. The van der Waals surface area contributed by atoms with Gasteiger partial charge in [0.2, 0.25) is 0 Å². The van der Waals surface area contributed by atoms with E-state index in [-0.39, 0.29) is 6.04 Å². The van der Waals surface area contributed by atoms with Gasteiger partial charge < -0.3 is 10.1 Å². The number of aryl methyl sites for hydroxylation is 2. The van der Waals surface area contributed by atoms with Gasteiger partial charge in [-0.3, -0.25) is 9.97 Å². The number of rotatable bonds is 4. The fourth-order valence-electron chi connectivity index (χ4n) is 2.06. The molecule has 0 amide bonds. The molecule has 2 rings (SSSR count). The molecule has 19 heavy (non-hydrogen) atoms. The zero-order valence-electron chi connectivity index (χ0n) is 11.8. The van der Waals surface area contributed by atoms with Gasteiger partial charge in [0.15, 0.2) is 0 Å². The SMILES string of the molecule is COc1cc(C)ccc1NC(C)c1nccnc1C. The number of nitrogens with zero attached hydrogens (tertiary/aromatic N) is 2. The number of aromatic nitrogens is 2. The number of anilines is 1. The van der Waals surface area contributed by atoms with E-state index in [1.807, 2.05) is 26.0 Å². The molecule has 1 N–H and O–H groups in total. The number of methoxy groups -OCH3 is 1. The summed E-state index contributed by atoms with van der Waals surface area (Å²) in [7, 11) is 1.68. The third kappa shape index (κ3) is 3.02. The summed E-state index contributed by atoms with van der Waals surface area (Å²) in [6.45, 7) is 6.08. The minimum Gasteiger partial charge on any atom is -0.495 e. The summed E-state index contributed by atoms with van der Waals surface area (Å²) in [6.07, 6.45) is 3.42. The van der Waals surface area contributed by atoms with Crippen LogP contribution in [0, 0.1) is 13.8 Å². The first-order valence-electron chi connectivity index (χ1n) is 6.30. The van der Waals surface area contributed by atoms with E-state index in [4.69, 9.17) is 4.74 Å². The monoisotopic (exact) mass is 257 g/mol. The Labute approximate surface area is 113 Å². The average molecular weight is 257 g/mol. The van der Waals surface area contributed by atoms with Gasteiger partial charge in [-0.05, 0) is 38.5 Å². The average Bonchev–Trinajstić information content (AvgIpc) is 2.41. The number of benzene rings is 1. The summed E-state index contributed by atoms with van der Waals surface area (Å²) >= 11 is 0. The van der Waals surface area contributed by atoms with E-state index in [0.29, 0.717) is 0 Å². The van der Waals surface area contributed by atoms with Crippen LogP contribution in [-0.4, -0.2) is 17.1 Å². The number of hydrogen-bond donors (Lipinski definition) is 1. The van der Waals surface area contributed by atoms with Crippen LogP contribution in [0.1, 0.15) is 29.9 Å². The van der Waals surface area contributed by atoms with Crippen molar-refractivity contribution in [2.75, 3.05) is 12.4 Å². The third-order valence-electron chi connectivity index (χ3n) is 3.06. The summed E-state index contributed by atoms with van der Waals surface area (Å²) in [4.78, 5) is 8.65. The zero-order chi connectivity index (χ0) is 13.8. The summed E-state index contributed by atoms with van der Waals surface area (Å²) in [5, 5.41) is 3.42. The molecule has 4 nitrogen and oxygen atoms in total. The molecule has 1 aromatic carbocycles. The molecule has 0 radical (unpaired) electrons. The molecule has 1 unspecified atom stereocenters. The molecule has 100 valence electrons. The number of hydrogen-bond acceptors (Lipinski definition) is 4. The smallest absolute Gasteiger partial charge is 0.142 e. The van der Waals surface area contributed by atoms with Crippen molar-refractivity contribution in [3.05, 3.63) is 47.5 Å². The first-order chi connectivity index (χ1) is 9.11. The second kappa shape index (κ2) is 5.69. The lowest BCUT2D eigenvalue weighted by molar-refractivity contribution is 0.415. The second-order valence-electron chi connectivity index (χ2n) is 4.60. The molecule has 0 spiro atoms. The lowest BCUT2D eigenvalue weighted by Crippen LogP contribution is -2.11. The van der Waals surface area contributed by atoms with Crippen LogP contribution in [0.25, 0.3) is 0 Å². The van der Waals surface area contributed by atoms with Gasteiger partial charge in [-0.25, -0.2) is 0 Å². The van der Waals surface area contributed by atoms with Crippen molar-refractivity contribution in [1.82, 2.24) is 9.97 Å². The Morgan fingerprint density at radius 1 is 1.16 bits per heavy atom. The molecule has 0 fully saturated rings. The van der Waals surface area contributed by atoms with Crippen LogP contribution >= 0.6 is 0 Å². The third-order valence-corrected chi connectivity index (χ3v) is 3.06. The van der Waals surface area contributed by atoms with Crippen LogP contribution in [0.15, 0.2) is 30.6 Å². The molecule has 0 saturated carbocycles. The molecule has 0 aliphatic heterocycles. The van der Waals surface area contributed by atoms with E-state index < -0.39 is 0 Å². The summed E-state index contributed by atoms with van der Waals surface area (Å²) < 4.78 is 5.39.